The summed E-state index contributed by atoms with van der Waals surface area (Å²) in [4.78, 5) is 10.8. The van der Waals surface area contributed by atoms with E-state index < -0.39 is 46.5 Å². The van der Waals surface area contributed by atoms with Crippen LogP contribution in [-0.2, 0) is 11.5 Å². The Balaban J connectivity index is 3.50. The molecule has 0 amide bonds. The molecule has 0 unspecified atom stereocenters. The van der Waals surface area contributed by atoms with Crippen LogP contribution in [0.2, 0.25) is 0 Å². The SMILES string of the molecule is O=C([O-])c1cc(OC(F)F)cc(C(F)(F)F)c1CBr. The highest BCUT2D eigenvalue weighted by atomic mass is 79.9. The van der Waals surface area contributed by atoms with E-state index in [9.17, 15) is 31.9 Å². The quantitative estimate of drug-likeness (QED) is 0.621. The van der Waals surface area contributed by atoms with Crippen molar-refractivity contribution in [1.82, 2.24) is 0 Å². The molecule has 1 aromatic carbocycles. The maximum absolute atomic E-state index is 12.7. The van der Waals surface area contributed by atoms with Crippen molar-refractivity contribution < 1.29 is 36.6 Å². The van der Waals surface area contributed by atoms with Gasteiger partial charge in [0.05, 0.1) is 11.5 Å². The largest absolute Gasteiger partial charge is 0.545 e. The topological polar surface area (TPSA) is 49.4 Å². The van der Waals surface area contributed by atoms with Gasteiger partial charge in [0.15, 0.2) is 0 Å². The number of benzene rings is 1. The fourth-order valence-corrected chi connectivity index (χ4v) is 2.00. The van der Waals surface area contributed by atoms with Crippen molar-refractivity contribution in [2.45, 2.75) is 18.1 Å². The van der Waals surface area contributed by atoms with E-state index in [0.29, 0.717) is 12.1 Å². The summed E-state index contributed by atoms with van der Waals surface area (Å²) in [5, 5.41) is 10.3. The van der Waals surface area contributed by atoms with Crippen LogP contribution in [0.1, 0.15) is 21.5 Å². The lowest BCUT2D eigenvalue weighted by molar-refractivity contribution is -0.255. The van der Waals surface area contributed by atoms with Gasteiger partial charge in [0.2, 0.25) is 0 Å². The average molecular weight is 348 g/mol. The Morgan fingerprint density at radius 1 is 1.37 bits per heavy atom. The fraction of sp³-hybridized carbons (Fsp3) is 0.300. The number of hydrogen-bond acceptors (Lipinski definition) is 3. The summed E-state index contributed by atoms with van der Waals surface area (Å²) in [5.74, 6) is -2.81. The minimum atomic E-state index is -4.91. The maximum atomic E-state index is 12.7. The van der Waals surface area contributed by atoms with Crippen LogP contribution in [0.15, 0.2) is 12.1 Å². The Hall–Kier alpha value is -1.38. The number of hydrogen-bond donors (Lipinski definition) is 0. The lowest BCUT2D eigenvalue weighted by Gasteiger charge is -2.18. The van der Waals surface area contributed by atoms with E-state index in [1.54, 1.807) is 0 Å². The summed E-state index contributed by atoms with van der Waals surface area (Å²) in [6, 6.07) is 0.877. The highest BCUT2D eigenvalue weighted by Crippen LogP contribution is 2.37. The molecule has 1 aromatic rings. The van der Waals surface area contributed by atoms with Crippen LogP contribution in [0.3, 0.4) is 0 Å². The monoisotopic (exact) mass is 347 g/mol. The third-order valence-electron chi connectivity index (χ3n) is 2.11. The highest BCUT2D eigenvalue weighted by Gasteiger charge is 2.35. The molecule has 0 aliphatic rings. The highest BCUT2D eigenvalue weighted by molar-refractivity contribution is 9.08. The number of alkyl halides is 6. The smallest absolute Gasteiger partial charge is 0.416 e. The van der Waals surface area contributed by atoms with Gasteiger partial charge in [-0.25, -0.2) is 0 Å². The molecule has 3 nitrogen and oxygen atoms in total. The zero-order valence-electron chi connectivity index (χ0n) is 8.93. The lowest BCUT2D eigenvalue weighted by Crippen LogP contribution is -2.25. The zero-order valence-corrected chi connectivity index (χ0v) is 10.5. The van der Waals surface area contributed by atoms with Gasteiger partial charge in [0.25, 0.3) is 0 Å². The van der Waals surface area contributed by atoms with Gasteiger partial charge >= 0.3 is 12.8 Å². The fourth-order valence-electron chi connectivity index (χ4n) is 1.40. The van der Waals surface area contributed by atoms with Gasteiger partial charge in [-0.05, 0) is 17.7 Å². The molecule has 0 saturated heterocycles. The number of rotatable bonds is 4. The van der Waals surface area contributed by atoms with E-state index in [0.717, 1.165) is 0 Å². The van der Waals surface area contributed by atoms with Crippen molar-refractivity contribution in [2.75, 3.05) is 0 Å². The summed E-state index contributed by atoms with van der Waals surface area (Å²) >= 11 is 2.72. The van der Waals surface area contributed by atoms with Crippen LogP contribution in [0, 0.1) is 0 Å². The van der Waals surface area contributed by atoms with Gasteiger partial charge < -0.3 is 14.6 Å². The predicted molar refractivity (Wildman–Crippen MR) is 55.0 cm³/mol. The second-order valence-corrected chi connectivity index (χ2v) is 3.86. The lowest BCUT2D eigenvalue weighted by atomic mass is 10.0. The molecule has 0 heterocycles. The third kappa shape index (κ3) is 3.79. The van der Waals surface area contributed by atoms with E-state index in [4.69, 9.17) is 0 Å². The number of ether oxygens (including phenoxy) is 1. The Kier molecular flexibility index (Phi) is 4.72. The van der Waals surface area contributed by atoms with Crippen molar-refractivity contribution in [1.29, 1.82) is 0 Å². The average Bonchev–Trinajstić information content (AvgIpc) is 2.25. The minimum Gasteiger partial charge on any atom is -0.545 e. The summed E-state index contributed by atoms with van der Waals surface area (Å²) < 4.78 is 65.9. The Morgan fingerprint density at radius 3 is 2.32 bits per heavy atom. The Labute approximate surface area is 112 Å². The molecule has 0 spiro atoms. The third-order valence-corrected chi connectivity index (χ3v) is 2.67. The summed E-state index contributed by atoms with van der Waals surface area (Å²) in [6.45, 7) is -3.37. The van der Waals surface area contributed by atoms with Gasteiger partial charge in [-0.15, -0.1) is 0 Å². The summed E-state index contributed by atoms with van der Waals surface area (Å²) in [7, 11) is 0. The molecule has 0 N–H and O–H groups in total. The van der Waals surface area contributed by atoms with Crippen molar-refractivity contribution in [2.24, 2.45) is 0 Å². The Bertz CT molecular complexity index is 487. The van der Waals surface area contributed by atoms with Crippen LogP contribution >= 0.6 is 15.9 Å². The van der Waals surface area contributed by atoms with Gasteiger partial charge in [-0.2, -0.15) is 22.0 Å². The normalized spacial score (nSPS) is 11.7. The number of carboxylic acid groups (broad SMARTS) is 1. The van der Waals surface area contributed by atoms with Crippen molar-refractivity contribution in [3.05, 3.63) is 28.8 Å². The van der Waals surface area contributed by atoms with Crippen molar-refractivity contribution in [3.63, 3.8) is 0 Å². The predicted octanol–water partition coefficient (Wildman–Crippen LogP) is 2.57. The molecule has 0 aliphatic heterocycles. The van der Waals surface area contributed by atoms with E-state index in [2.05, 4.69) is 20.7 Å². The van der Waals surface area contributed by atoms with Gasteiger partial charge in [0, 0.05) is 10.9 Å². The Morgan fingerprint density at radius 2 is 1.95 bits per heavy atom. The number of carboxylic acids is 1. The molecule has 106 valence electrons. The summed E-state index contributed by atoms with van der Waals surface area (Å²) in [6.07, 6.45) is -4.91. The second kappa shape index (κ2) is 5.72. The van der Waals surface area contributed by atoms with Gasteiger partial charge in [-0.3, -0.25) is 0 Å². The number of aromatic carboxylic acids is 1. The van der Waals surface area contributed by atoms with Crippen molar-refractivity contribution >= 4 is 21.9 Å². The van der Waals surface area contributed by atoms with Crippen LogP contribution in [0.25, 0.3) is 0 Å². The van der Waals surface area contributed by atoms with Crippen molar-refractivity contribution in [3.8, 4) is 5.75 Å². The van der Waals surface area contributed by atoms with E-state index in [-0.39, 0.29) is 0 Å². The van der Waals surface area contributed by atoms with Crippen LogP contribution in [-0.4, -0.2) is 12.6 Å². The van der Waals surface area contributed by atoms with Gasteiger partial charge in [-0.1, -0.05) is 15.9 Å². The number of carbonyl (C=O) groups excluding carboxylic acids is 1. The molecule has 0 saturated carbocycles. The molecule has 19 heavy (non-hydrogen) atoms. The first-order chi connectivity index (χ1) is 8.66. The van der Waals surface area contributed by atoms with E-state index in [1.807, 2.05) is 0 Å². The number of carbonyl (C=O) groups is 1. The molecule has 0 aromatic heterocycles. The second-order valence-electron chi connectivity index (χ2n) is 3.29. The molecule has 0 aliphatic carbocycles. The molecule has 0 atom stereocenters. The first-order valence-corrected chi connectivity index (χ1v) is 5.75. The van der Waals surface area contributed by atoms with Crippen LogP contribution in [0.5, 0.6) is 5.75 Å². The van der Waals surface area contributed by atoms with E-state index in [1.165, 1.54) is 0 Å². The molecule has 0 radical (unpaired) electrons. The maximum Gasteiger partial charge on any atom is 0.416 e. The first-order valence-electron chi connectivity index (χ1n) is 4.63. The molecular formula is C10H5BrF5O3-. The standard InChI is InChI=1S/C10H6BrF5O3/c11-3-6-5(8(17)18)1-4(19-9(12)13)2-7(6)10(14,15)16/h1-2,9H,3H2,(H,17,18)/p-1. The molecular weight excluding hydrogens is 343 g/mol. The van der Waals surface area contributed by atoms with Gasteiger partial charge in [0.1, 0.15) is 5.75 Å². The minimum absolute atomic E-state index is 0.315. The zero-order chi connectivity index (χ0) is 14.8. The van der Waals surface area contributed by atoms with Crippen LogP contribution in [0.4, 0.5) is 22.0 Å². The first kappa shape index (κ1) is 15.7. The molecule has 1 rings (SSSR count). The van der Waals surface area contributed by atoms with E-state index >= 15 is 0 Å². The molecule has 0 fully saturated rings. The summed E-state index contributed by atoms with van der Waals surface area (Å²) in [5.41, 5.74) is -2.85. The number of halogens is 6. The van der Waals surface area contributed by atoms with Crippen LogP contribution < -0.4 is 9.84 Å². The molecule has 0 bridgehead atoms. The molecule has 9 heteroatoms.